The zero-order valence-corrected chi connectivity index (χ0v) is 9.88. The van der Waals surface area contributed by atoms with E-state index in [9.17, 15) is 4.39 Å². The molecule has 0 radical (unpaired) electrons. The van der Waals surface area contributed by atoms with Crippen LogP contribution in [0.3, 0.4) is 0 Å². The standard InChI is InChI=1S/C13H7FN4O/c1-8-5-9(6-15)18-13(17-8)19-12-4-2-3-11(14)10(12)7-16/h2-5H,1H3. The van der Waals surface area contributed by atoms with Gasteiger partial charge < -0.3 is 4.74 Å². The number of halogens is 1. The van der Waals surface area contributed by atoms with Crippen LogP contribution in [0, 0.1) is 35.4 Å². The van der Waals surface area contributed by atoms with Crippen LogP contribution in [-0.2, 0) is 0 Å². The molecule has 1 heterocycles. The topological polar surface area (TPSA) is 82.6 Å². The van der Waals surface area contributed by atoms with Gasteiger partial charge in [-0.25, -0.2) is 9.37 Å². The van der Waals surface area contributed by atoms with Crippen molar-refractivity contribution in [1.82, 2.24) is 9.97 Å². The van der Waals surface area contributed by atoms with Gasteiger partial charge in [0.2, 0.25) is 0 Å². The number of aryl methyl sites for hydroxylation is 1. The minimum Gasteiger partial charge on any atom is -0.423 e. The normalized spacial score (nSPS) is 9.47. The Labute approximate surface area is 108 Å². The summed E-state index contributed by atoms with van der Waals surface area (Å²) in [6, 6.07) is 8.96. The second-order valence-corrected chi connectivity index (χ2v) is 3.62. The fourth-order valence-corrected chi connectivity index (χ4v) is 1.44. The molecule has 2 rings (SSSR count). The summed E-state index contributed by atoms with van der Waals surface area (Å²) < 4.78 is 18.7. The minimum atomic E-state index is -0.687. The van der Waals surface area contributed by atoms with Gasteiger partial charge in [-0.1, -0.05) is 6.07 Å². The van der Waals surface area contributed by atoms with Crippen LogP contribution < -0.4 is 4.74 Å². The molecule has 0 N–H and O–H groups in total. The number of nitriles is 2. The van der Waals surface area contributed by atoms with Crippen LogP contribution in [0.4, 0.5) is 4.39 Å². The highest BCUT2D eigenvalue weighted by Gasteiger charge is 2.12. The summed E-state index contributed by atoms with van der Waals surface area (Å²) in [5.74, 6) is -0.676. The SMILES string of the molecule is Cc1cc(C#N)nc(Oc2cccc(F)c2C#N)n1. The van der Waals surface area contributed by atoms with E-state index in [0.29, 0.717) is 5.69 Å². The van der Waals surface area contributed by atoms with Crippen molar-refractivity contribution >= 4 is 0 Å². The number of nitrogens with zero attached hydrogens (tertiary/aromatic N) is 4. The smallest absolute Gasteiger partial charge is 0.323 e. The molecule has 2 aromatic rings. The first kappa shape index (κ1) is 12.5. The summed E-state index contributed by atoms with van der Waals surface area (Å²) in [4.78, 5) is 7.79. The van der Waals surface area contributed by atoms with Gasteiger partial charge in [-0.3, -0.25) is 0 Å². The quantitative estimate of drug-likeness (QED) is 0.822. The van der Waals surface area contributed by atoms with E-state index in [1.54, 1.807) is 13.0 Å². The third-order valence-corrected chi connectivity index (χ3v) is 2.24. The molecule has 19 heavy (non-hydrogen) atoms. The Morgan fingerprint density at radius 1 is 1.21 bits per heavy atom. The van der Waals surface area contributed by atoms with Crippen LogP contribution in [0.25, 0.3) is 0 Å². The Morgan fingerprint density at radius 3 is 2.68 bits per heavy atom. The lowest BCUT2D eigenvalue weighted by atomic mass is 10.2. The first-order chi connectivity index (χ1) is 9.13. The molecular weight excluding hydrogens is 247 g/mol. The van der Waals surface area contributed by atoms with Gasteiger partial charge in [0, 0.05) is 5.69 Å². The van der Waals surface area contributed by atoms with E-state index >= 15 is 0 Å². The molecule has 0 unspecified atom stereocenters. The lowest BCUT2D eigenvalue weighted by Crippen LogP contribution is -1.98. The molecule has 6 heteroatoms. The van der Waals surface area contributed by atoms with E-state index in [1.807, 2.05) is 6.07 Å². The van der Waals surface area contributed by atoms with E-state index in [4.69, 9.17) is 15.3 Å². The lowest BCUT2D eigenvalue weighted by molar-refractivity contribution is 0.434. The van der Waals surface area contributed by atoms with Crippen molar-refractivity contribution in [3.63, 3.8) is 0 Å². The molecular formula is C13H7FN4O. The molecule has 0 bridgehead atoms. The van der Waals surface area contributed by atoms with Crippen LogP contribution in [0.5, 0.6) is 11.8 Å². The molecule has 0 fully saturated rings. The summed E-state index contributed by atoms with van der Waals surface area (Å²) in [7, 11) is 0. The Morgan fingerprint density at radius 2 is 2.00 bits per heavy atom. The second kappa shape index (κ2) is 5.11. The molecule has 0 aliphatic heterocycles. The third kappa shape index (κ3) is 2.64. The van der Waals surface area contributed by atoms with Crippen molar-refractivity contribution in [2.45, 2.75) is 6.92 Å². The van der Waals surface area contributed by atoms with Crippen molar-refractivity contribution in [2.24, 2.45) is 0 Å². The molecule has 0 atom stereocenters. The second-order valence-electron chi connectivity index (χ2n) is 3.62. The molecule has 0 spiro atoms. The molecule has 1 aromatic heterocycles. The summed E-state index contributed by atoms with van der Waals surface area (Å²) in [6.45, 7) is 1.67. The summed E-state index contributed by atoms with van der Waals surface area (Å²) >= 11 is 0. The number of hydrogen-bond acceptors (Lipinski definition) is 5. The maximum atomic E-state index is 13.4. The Kier molecular flexibility index (Phi) is 3.35. The van der Waals surface area contributed by atoms with Gasteiger partial charge in [0.05, 0.1) is 0 Å². The van der Waals surface area contributed by atoms with Gasteiger partial charge in [-0.05, 0) is 25.1 Å². The predicted octanol–water partition coefficient (Wildman–Crippen LogP) is 2.46. The predicted molar refractivity (Wildman–Crippen MR) is 62.7 cm³/mol. The fourth-order valence-electron chi connectivity index (χ4n) is 1.44. The molecule has 0 aliphatic rings. The highest BCUT2D eigenvalue weighted by atomic mass is 19.1. The summed E-state index contributed by atoms with van der Waals surface area (Å²) in [5, 5.41) is 17.7. The average molecular weight is 254 g/mol. The molecule has 0 aliphatic carbocycles. The highest BCUT2D eigenvalue weighted by Crippen LogP contribution is 2.24. The maximum Gasteiger partial charge on any atom is 0.323 e. The first-order valence-corrected chi connectivity index (χ1v) is 5.26. The zero-order chi connectivity index (χ0) is 13.8. The van der Waals surface area contributed by atoms with Crippen molar-refractivity contribution in [3.05, 3.63) is 47.0 Å². The summed E-state index contributed by atoms with van der Waals surface area (Å²) in [6.07, 6.45) is 0. The lowest BCUT2D eigenvalue weighted by Gasteiger charge is -2.06. The Hall–Kier alpha value is -2.99. The third-order valence-electron chi connectivity index (χ3n) is 2.24. The maximum absolute atomic E-state index is 13.4. The van der Waals surface area contributed by atoms with Crippen LogP contribution >= 0.6 is 0 Å². The molecule has 92 valence electrons. The van der Waals surface area contributed by atoms with E-state index in [-0.39, 0.29) is 23.0 Å². The number of aromatic nitrogens is 2. The van der Waals surface area contributed by atoms with Crippen molar-refractivity contribution in [3.8, 4) is 23.9 Å². The van der Waals surface area contributed by atoms with Gasteiger partial charge in [-0.2, -0.15) is 15.5 Å². The molecule has 0 amide bonds. The van der Waals surface area contributed by atoms with Crippen molar-refractivity contribution < 1.29 is 9.13 Å². The van der Waals surface area contributed by atoms with Crippen LogP contribution in [0.15, 0.2) is 24.3 Å². The van der Waals surface area contributed by atoms with Crippen molar-refractivity contribution in [1.29, 1.82) is 10.5 Å². The van der Waals surface area contributed by atoms with Crippen molar-refractivity contribution in [2.75, 3.05) is 0 Å². The van der Waals surface area contributed by atoms with E-state index in [1.165, 1.54) is 18.2 Å². The number of rotatable bonds is 2. The fraction of sp³-hybridized carbons (Fsp3) is 0.0769. The van der Waals surface area contributed by atoms with Gasteiger partial charge in [-0.15, -0.1) is 0 Å². The minimum absolute atomic E-state index is 0.0111. The largest absolute Gasteiger partial charge is 0.423 e. The number of benzene rings is 1. The van der Waals surface area contributed by atoms with Crippen LogP contribution in [-0.4, -0.2) is 9.97 Å². The highest BCUT2D eigenvalue weighted by molar-refractivity contribution is 5.45. The first-order valence-electron chi connectivity index (χ1n) is 5.26. The van der Waals surface area contributed by atoms with Crippen LogP contribution in [0.2, 0.25) is 0 Å². The molecule has 1 aromatic carbocycles. The van der Waals surface area contributed by atoms with Gasteiger partial charge >= 0.3 is 6.01 Å². The average Bonchev–Trinajstić information content (AvgIpc) is 2.38. The zero-order valence-electron chi connectivity index (χ0n) is 9.88. The molecule has 0 saturated heterocycles. The van der Waals surface area contributed by atoms with Crippen LogP contribution in [0.1, 0.15) is 17.0 Å². The Bertz CT molecular complexity index is 716. The number of hydrogen-bond donors (Lipinski definition) is 0. The summed E-state index contributed by atoms with van der Waals surface area (Å²) in [5.41, 5.74) is 0.444. The Balaban J connectivity index is 2.43. The molecule has 5 nitrogen and oxygen atoms in total. The monoisotopic (exact) mass is 254 g/mol. The molecule has 0 saturated carbocycles. The van der Waals surface area contributed by atoms with E-state index in [2.05, 4.69) is 9.97 Å². The number of ether oxygens (including phenoxy) is 1. The van der Waals surface area contributed by atoms with Gasteiger partial charge in [0.15, 0.2) is 5.75 Å². The van der Waals surface area contributed by atoms with Gasteiger partial charge in [0.25, 0.3) is 0 Å². The van der Waals surface area contributed by atoms with Gasteiger partial charge in [0.1, 0.15) is 29.2 Å². The van der Waals surface area contributed by atoms with E-state index < -0.39 is 5.82 Å². The van der Waals surface area contributed by atoms with E-state index in [0.717, 1.165) is 6.07 Å².